The van der Waals surface area contributed by atoms with E-state index in [4.69, 9.17) is 39.0 Å². The predicted molar refractivity (Wildman–Crippen MR) is 115 cm³/mol. The zero-order valence-corrected chi connectivity index (χ0v) is 17.1. The zero-order chi connectivity index (χ0) is 20.3. The van der Waals surface area contributed by atoms with E-state index in [1.165, 1.54) is 23.8 Å². The third-order valence-electron chi connectivity index (χ3n) is 3.73. The van der Waals surface area contributed by atoms with Gasteiger partial charge in [0.1, 0.15) is 0 Å². The summed E-state index contributed by atoms with van der Waals surface area (Å²) in [6, 6.07) is 12.0. The maximum absolute atomic E-state index is 12.8. The fourth-order valence-electron chi connectivity index (χ4n) is 2.47. The maximum Gasteiger partial charge on any atom is 0.270 e. The number of methoxy groups -OCH3 is 1. The smallest absolute Gasteiger partial charge is 0.270 e. The van der Waals surface area contributed by atoms with E-state index < -0.39 is 5.91 Å². The molecule has 1 fully saturated rings. The fraction of sp³-hybridized carbons (Fsp3) is 0.105. The van der Waals surface area contributed by atoms with Crippen LogP contribution in [-0.2, 0) is 9.59 Å². The number of halogens is 1. The topological polar surface area (TPSA) is 81.9 Å². The van der Waals surface area contributed by atoms with Crippen LogP contribution in [0, 0.1) is 0 Å². The van der Waals surface area contributed by atoms with Crippen LogP contribution in [-0.4, -0.2) is 29.9 Å². The Labute approximate surface area is 176 Å². The third kappa shape index (κ3) is 4.46. The highest BCUT2D eigenvalue weighted by Crippen LogP contribution is 2.37. The Kier molecular flexibility index (Phi) is 6.23. The number of rotatable bonds is 6. The second-order valence-electron chi connectivity index (χ2n) is 5.66. The molecule has 144 valence electrons. The number of anilines is 1. The highest BCUT2D eigenvalue weighted by Gasteiger charge is 2.33. The van der Waals surface area contributed by atoms with Crippen molar-refractivity contribution >= 4 is 63.5 Å². The summed E-state index contributed by atoms with van der Waals surface area (Å²) in [6.07, 6.45) is 1.72. The molecule has 0 radical (unpaired) electrons. The van der Waals surface area contributed by atoms with Crippen molar-refractivity contribution in [1.82, 2.24) is 0 Å². The lowest BCUT2D eigenvalue weighted by Gasteiger charge is -2.14. The Morgan fingerprint density at radius 2 is 1.96 bits per heavy atom. The Morgan fingerprint density at radius 1 is 1.25 bits per heavy atom. The molecule has 0 saturated carbocycles. The van der Waals surface area contributed by atoms with Gasteiger partial charge in [-0.25, -0.2) is 0 Å². The average Bonchev–Trinajstić information content (AvgIpc) is 2.94. The van der Waals surface area contributed by atoms with Crippen molar-refractivity contribution in [3.8, 4) is 11.5 Å². The van der Waals surface area contributed by atoms with Gasteiger partial charge >= 0.3 is 0 Å². The van der Waals surface area contributed by atoms with Crippen LogP contribution in [0.2, 0.25) is 5.02 Å². The molecule has 0 aromatic heterocycles. The van der Waals surface area contributed by atoms with Crippen LogP contribution in [0.1, 0.15) is 5.56 Å². The largest absolute Gasteiger partial charge is 0.493 e. The molecule has 1 heterocycles. The molecule has 2 N–H and O–H groups in total. The van der Waals surface area contributed by atoms with Crippen LogP contribution in [0.15, 0.2) is 47.4 Å². The number of hydrogen-bond acceptors (Lipinski definition) is 6. The van der Waals surface area contributed by atoms with Crippen molar-refractivity contribution in [3.05, 3.63) is 58.0 Å². The maximum atomic E-state index is 12.8. The Morgan fingerprint density at radius 3 is 2.61 bits per heavy atom. The summed E-state index contributed by atoms with van der Waals surface area (Å²) < 4.78 is 11.0. The normalized spacial score (nSPS) is 15.2. The zero-order valence-electron chi connectivity index (χ0n) is 14.7. The molecule has 0 bridgehead atoms. The number of thiocarbonyl (C=S) groups is 1. The van der Waals surface area contributed by atoms with E-state index in [1.807, 2.05) is 0 Å². The molecule has 2 amide bonds. The quantitative estimate of drug-likeness (QED) is 0.552. The van der Waals surface area contributed by atoms with Gasteiger partial charge in [-0.3, -0.25) is 14.5 Å². The average molecular weight is 435 g/mol. The highest BCUT2D eigenvalue weighted by molar-refractivity contribution is 8.27. The van der Waals surface area contributed by atoms with E-state index in [2.05, 4.69) is 0 Å². The highest BCUT2D eigenvalue weighted by atomic mass is 35.5. The first kappa shape index (κ1) is 20.2. The number of amides is 2. The summed E-state index contributed by atoms with van der Waals surface area (Å²) in [5.41, 5.74) is 6.47. The second kappa shape index (κ2) is 8.64. The monoisotopic (exact) mass is 434 g/mol. The minimum Gasteiger partial charge on any atom is -0.493 e. The molecule has 1 saturated heterocycles. The summed E-state index contributed by atoms with van der Waals surface area (Å²) in [7, 11) is 1.48. The van der Waals surface area contributed by atoms with E-state index in [0.29, 0.717) is 31.4 Å². The summed E-state index contributed by atoms with van der Waals surface area (Å²) in [6.45, 7) is -0.255. The van der Waals surface area contributed by atoms with Crippen molar-refractivity contribution in [3.63, 3.8) is 0 Å². The number of ether oxygens (including phenoxy) is 2. The van der Waals surface area contributed by atoms with E-state index in [-0.39, 0.29) is 12.5 Å². The number of nitrogens with zero attached hydrogens (tertiary/aromatic N) is 1. The minimum atomic E-state index is -0.586. The van der Waals surface area contributed by atoms with Crippen molar-refractivity contribution in [2.24, 2.45) is 5.73 Å². The van der Waals surface area contributed by atoms with Crippen LogP contribution >= 0.6 is 35.6 Å². The van der Waals surface area contributed by atoms with Gasteiger partial charge in [0.05, 0.1) is 17.7 Å². The van der Waals surface area contributed by atoms with Gasteiger partial charge in [-0.1, -0.05) is 41.6 Å². The van der Waals surface area contributed by atoms with E-state index >= 15 is 0 Å². The van der Waals surface area contributed by atoms with Crippen molar-refractivity contribution in [2.75, 3.05) is 18.6 Å². The number of carbonyl (C=O) groups excluding carboxylic acids is 2. The van der Waals surface area contributed by atoms with Gasteiger partial charge in [0, 0.05) is 5.02 Å². The van der Waals surface area contributed by atoms with Crippen molar-refractivity contribution < 1.29 is 19.1 Å². The van der Waals surface area contributed by atoms with E-state index in [1.54, 1.807) is 48.5 Å². The van der Waals surface area contributed by atoms with Gasteiger partial charge in [0.25, 0.3) is 11.8 Å². The molecule has 3 rings (SSSR count). The molecule has 0 spiro atoms. The Bertz CT molecular complexity index is 976. The summed E-state index contributed by atoms with van der Waals surface area (Å²) in [5.74, 6) is -0.00214. The lowest BCUT2D eigenvalue weighted by molar-refractivity contribution is -0.120. The predicted octanol–water partition coefficient (Wildman–Crippen LogP) is 3.62. The molecule has 6 nitrogen and oxygen atoms in total. The van der Waals surface area contributed by atoms with Crippen LogP contribution in [0.5, 0.6) is 11.5 Å². The van der Waals surface area contributed by atoms with Gasteiger partial charge in [-0.2, -0.15) is 0 Å². The van der Waals surface area contributed by atoms with Crippen LogP contribution < -0.4 is 20.1 Å². The molecule has 1 aliphatic rings. The number of benzene rings is 2. The molecular weight excluding hydrogens is 420 g/mol. The number of hydrogen-bond donors (Lipinski definition) is 1. The first-order valence-corrected chi connectivity index (χ1v) is 9.62. The van der Waals surface area contributed by atoms with E-state index in [9.17, 15) is 9.59 Å². The number of thioether (sulfide) groups is 1. The number of carbonyl (C=O) groups is 2. The molecule has 0 unspecified atom stereocenters. The molecule has 2 aromatic carbocycles. The van der Waals surface area contributed by atoms with Crippen molar-refractivity contribution in [2.45, 2.75) is 0 Å². The molecule has 0 aliphatic carbocycles. The lowest BCUT2D eigenvalue weighted by atomic mass is 10.2. The Hall–Kier alpha value is -2.55. The van der Waals surface area contributed by atoms with E-state index in [0.717, 1.165) is 5.56 Å². The van der Waals surface area contributed by atoms with Gasteiger partial charge in [-0.15, -0.1) is 0 Å². The SMILES string of the molecule is COc1cc(/C=C2\SC(=S)N(c3ccc(Cl)cc3)C2=O)ccc1OCC(N)=O. The van der Waals surface area contributed by atoms with Crippen LogP contribution in [0.3, 0.4) is 0 Å². The van der Waals surface area contributed by atoms with Gasteiger partial charge in [-0.05, 0) is 48.0 Å². The van der Waals surface area contributed by atoms with Crippen LogP contribution in [0.4, 0.5) is 5.69 Å². The van der Waals surface area contributed by atoms with Gasteiger partial charge in [0.2, 0.25) is 0 Å². The second-order valence-corrected chi connectivity index (χ2v) is 7.77. The van der Waals surface area contributed by atoms with Gasteiger partial charge in [0.15, 0.2) is 22.4 Å². The summed E-state index contributed by atoms with van der Waals surface area (Å²) in [4.78, 5) is 25.6. The molecule has 0 atom stereocenters. The summed E-state index contributed by atoms with van der Waals surface area (Å²) >= 11 is 12.5. The first-order chi connectivity index (χ1) is 13.4. The Balaban J connectivity index is 1.85. The van der Waals surface area contributed by atoms with Gasteiger partial charge < -0.3 is 15.2 Å². The minimum absolute atomic E-state index is 0.217. The lowest BCUT2D eigenvalue weighted by Crippen LogP contribution is -2.27. The molecule has 28 heavy (non-hydrogen) atoms. The molecular formula is C19H15ClN2O4S2. The molecule has 1 aliphatic heterocycles. The number of nitrogens with two attached hydrogens (primary N) is 1. The molecule has 2 aromatic rings. The fourth-order valence-corrected chi connectivity index (χ4v) is 3.90. The van der Waals surface area contributed by atoms with Crippen molar-refractivity contribution in [1.29, 1.82) is 0 Å². The number of primary amides is 1. The first-order valence-electron chi connectivity index (χ1n) is 8.01. The van der Waals surface area contributed by atoms with Crippen LogP contribution in [0.25, 0.3) is 6.08 Å². The molecule has 9 heteroatoms. The third-order valence-corrected chi connectivity index (χ3v) is 5.29. The standard InChI is InChI=1S/C19H15ClN2O4S2/c1-25-15-8-11(2-7-14(15)26-10-17(21)23)9-16-18(24)22(19(27)28-16)13-5-3-12(20)4-6-13/h2-9H,10H2,1H3,(H2,21,23)/b16-9-. The summed E-state index contributed by atoms with van der Waals surface area (Å²) in [5, 5.41) is 0.579.